The van der Waals surface area contributed by atoms with Crippen LogP contribution in [0.25, 0.3) is 0 Å². The van der Waals surface area contributed by atoms with Crippen LogP contribution in [0.3, 0.4) is 0 Å². The monoisotopic (exact) mass is 276 g/mol. The molecule has 0 saturated heterocycles. The van der Waals surface area contributed by atoms with Gasteiger partial charge in [-0.15, -0.1) is 11.3 Å². The molecule has 1 aromatic heterocycles. The van der Waals surface area contributed by atoms with Crippen LogP contribution in [0.2, 0.25) is 0 Å². The first-order valence-electron chi connectivity index (χ1n) is 5.76. The molecular formula is C11H20N2O2S2. The summed E-state index contributed by atoms with van der Waals surface area (Å²) in [6.45, 7) is 5.87. The highest BCUT2D eigenvalue weighted by Crippen LogP contribution is 2.19. The van der Waals surface area contributed by atoms with Crippen LogP contribution in [0.5, 0.6) is 0 Å². The summed E-state index contributed by atoms with van der Waals surface area (Å²) in [5.74, 6) is 0.0491. The lowest BCUT2D eigenvalue weighted by atomic mass is 10.3. The quantitative estimate of drug-likeness (QED) is 0.773. The fraction of sp³-hybridized carbons (Fsp3) is 0.727. The lowest BCUT2D eigenvalue weighted by Crippen LogP contribution is -2.14. The van der Waals surface area contributed by atoms with Gasteiger partial charge in [-0.05, 0) is 19.9 Å². The third-order valence-electron chi connectivity index (χ3n) is 2.32. The Hall–Kier alpha value is -0.460. The van der Waals surface area contributed by atoms with Crippen LogP contribution in [0.15, 0.2) is 0 Å². The average molecular weight is 276 g/mol. The summed E-state index contributed by atoms with van der Waals surface area (Å²) in [4.78, 5) is 5.43. The Labute approximate surface area is 107 Å². The molecule has 0 unspecified atom stereocenters. The van der Waals surface area contributed by atoms with Gasteiger partial charge in [-0.2, -0.15) is 0 Å². The molecule has 1 N–H and O–H groups in total. The fourth-order valence-corrected chi connectivity index (χ4v) is 3.67. The third-order valence-corrected chi connectivity index (χ3v) is 4.45. The van der Waals surface area contributed by atoms with E-state index in [1.807, 2.05) is 6.92 Å². The highest BCUT2D eigenvalue weighted by Gasteiger charge is 2.11. The van der Waals surface area contributed by atoms with Gasteiger partial charge in [-0.25, -0.2) is 13.4 Å². The van der Waals surface area contributed by atoms with Crippen LogP contribution >= 0.6 is 11.3 Å². The molecule has 17 heavy (non-hydrogen) atoms. The highest BCUT2D eigenvalue weighted by atomic mass is 32.2. The van der Waals surface area contributed by atoms with E-state index in [-0.39, 0.29) is 5.75 Å². The molecule has 1 rings (SSSR count). The summed E-state index contributed by atoms with van der Waals surface area (Å²) < 4.78 is 22.3. The molecule has 6 heteroatoms. The maximum absolute atomic E-state index is 11.2. The van der Waals surface area contributed by atoms with E-state index in [1.165, 1.54) is 24.0 Å². The van der Waals surface area contributed by atoms with Crippen LogP contribution in [-0.2, 0) is 22.1 Å². The van der Waals surface area contributed by atoms with Crippen molar-refractivity contribution in [1.82, 2.24) is 10.3 Å². The van der Waals surface area contributed by atoms with Crippen molar-refractivity contribution in [3.63, 3.8) is 0 Å². The number of rotatable bonds is 7. The Kier molecular flexibility index (Phi) is 5.55. The van der Waals surface area contributed by atoms with Gasteiger partial charge in [0.25, 0.3) is 0 Å². The number of sulfone groups is 1. The molecule has 0 aliphatic heterocycles. The summed E-state index contributed by atoms with van der Waals surface area (Å²) in [5.41, 5.74) is 0.942. The number of aromatic nitrogens is 1. The zero-order valence-corrected chi connectivity index (χ0v) is 12.2. The van der Waals surface area contributed by atoms with Crippen molar-refractivity contribution in [2.24, 2.45) is 0 Å². The molecule has 0 atom stereocenters. The van der Waals surface area contributed by atoms with Gasteiger partial charge in [0.1, 0.15) is 10.8 Å². The summed E-state index contributed by atoms with van der Waals surface area (Å²) in [7, 11) is -2.98. The molecule has 0 amide bonds. The van der Waals surface area contributed by atoms with Crippen LogP contribution < -0.4 is 5.32 Å². The SMILES string of the molecule is CCCCNCc1sc(CS(C)(=O)=O)nc1C. The molecular weight excluding hydrogens is 256 g/mol. The summed E-state index contributed by atoms with van der Waals surface area (Å²) in [5, 5.41) is 4.03. The first-order chi connectivity index (χ1) is 7.92. The summed E-state index contributed by atoms with van der Waals surface area (Å²) >= 11 is 1.49. The zero-order chi connectivity index (χ0) is 12.9. The molecule has 0 saturated carbocycles. The van der Waals surface area contributed by atoms with E-state index in [9.17, 15) is 8.42 Å². The van der Waals surface area contributed by atoms with Crippen molar-refractivity contribution in [3.8, 4) is 0 Å². The minimum atomic E-state index is -2.98. The molecule has 4 nitrogen and oxygen atoms in total. The Balaban J connectivity index is 2.56. The van der Waals surface area contributed by atoms with Gasteiger partial charge in [0.05, 0.1) is 5.69 Å². The summed E-state index contributed by atoms with van der Waals surface area (Å²) in [6, 6.07) is 0. The Bertz CT molecular complexity index is 452. The van der Waals surface area contributed by atoms with Gasteiger partial charge < -0.3 is 5.32 Å². The van der Waals surface area contributed by atoms with Crippen molar-refractivity contribution in [2.45, 2.75) is 39.0 Å². The van der Waals surface area contributed by atoms with Crippen LogP contribution in [-0.4, -0.2) is 26.2 Å². The lowest BCUT2D eigenvalue weighted by molar-refractivity contribution is 0.601. The highest BCUT2D eigenvalue weighted by molar-refractivity contribution is 7.90. The van der Waals surface area contributed by atoms with Gasteiger partial charge in [0.2, 0.25) is 0 Å². The second-order valence-electron chi connectivity index (χ2n) is 4.22. The minimum Gasteiger partial charge on any atom is -0.312 e. The smallest absolute Gasteiger partial charge is 0.153 e. The number of nitrogens with zero attached hydrogens (tertiary/aromatic N) is 1. The van der Waals surface area contributed by atoms with E-state index >= 15 is 0 Å². The molecule has 0 bridgehead atoms. The first kappa shape index (κ1) is 14.6. The van der Waals surface area contributed by atoms with E-state index in [2.05, 4.69) is 17.2 Å². The maximum atomic E-state index is 11.2. The maximum Gasteiger partial charge on any atom is 0.153 e. The van der Waals surface area contributed by atoms with Gasteiger partial charge in [-0.1, -0.05) is 13.3 Å². The van der Waals surface area contributed by atoms with E-state index in [0.29, 0.717) is 5.01 Å². The van der Waals surface area contributed by atoms with E-state index < -0.39 is 9.84 Å². The van der Waals surface area contributed by atoms with Crippen LogP contribution in [0.4, 0.5) is 0 Å². The largest absolute Gasteiger partial charge is 0.312 e. The number of hydrogen-bond donors (Lipinski definition) is 1. The first-order valence-corrected chi connectivity index (χ1v) is 8.63. The van der Waals surface area contributed by atoms with Crippen molar-refractivity contribution < 1.29 is 8.42 Å². The minimum absolute atomic E-state index is 0.0491. The van der Waals surface area contributed by atoms with Gasteiger partial charge in [-0.3, -0.25) is 0 Å². The molecule has 98 valence electrons. The van der Waals surface area contributed by atoms with Gasteiger partial charge in [0.15, 0.2) is 9.84 Å². The summed E-state index contributed by atoms with van der Waals surface area (Å²) in [6.07, 6.45) is 3.57. The van der Waals surface area contributed by atoms with Crippen molar-refractivity contribution in [3.05, 3.63) is 15.6 Å². The molecule has 1 aromatic rings. The Morgan fingerprint density at radius 3 is 2.71 bits per heavy atom. The van der Waals surface area contributed by atoms with Crippen molar-refractivity contribution in [1.29, 1.82) is 0 Å². The second kappa shape index (κ2) is 6.47. The molecule has 1 heterocycles. The number of thiazole rings is 1. The zero-order valence-electron chi connectivity index (χ0n) is 10.6. The number of aryl methyl sites for hydroxylation is 1. The second-order valence-corrected chi connectivity index (χ2v) is 7.52. The number of unbranched alkanes of at least 4 members (excludes halogenated alkanes) is 1. The lowest BCUT2D eigenvalue weighted by Gasteiger charge is -2.01. The van der Waals surface area contributed by atoms with E-state index in [0.717, 1.165) is 30.1 Å². The molecule has 0 spiro atoms. The predicted octanol–water partition coefficient (Wildman–Crippen LogP) is 1.89. The molecule has 0 fully saturated rings. The van der Waals surface area contributed by atoms with Crippen LogP contribution in [0, 0.1) is 6.92 Å². The van der Waals surface area contributed by atoms with Crippen LogP contribution in [0.1, 0.15) is 35.3 Å². The average Bonchev–Trinajstić information content (AvgIpc) is 2.51. The Morgan fingerprint density at radius 2 is 2.12 bits per heavy atom. The number of nitrogens with one attached hydrogen (secondary N) is 1. The topological polar surface area (TPSA) is 59.1 Å². The number of hydrogen-bond acceptors (Lipinski definition) is 5. The normalized spacial score (nSPS) is 11.9. The Morgan fingerprint density at radius 1 is 1.41 bits per heavy atom. The molecule has 0 aromatic carbocycles. The van der Waals surface area contributed by atoms with E-state index in [4.69, 9.17) is 0 Å². The van der Waals surface area contributed by atoms with E-state index in [1.54, 1.807) is 0 Å². The molecule has 0 aliphatic carbocycles. The third kappa shape index (κ3) is 5.61. The van der Waals surface area contributed by atoms with Gasteiger partial charge in [0, 0.05) is 17.7 Å². The van der Waals surface area contributed by atoms with Crippen molar-refractivity contribution >= 4 is 21.2 Å². The fourth-order valence-electron chi connectivity index (χ4n) is 1.44. The molecule has 0 radical (unpaired) electrons. The predicted molar refractivity (Wildman–Crippen MR) is 72.0 cm³/mol. The molecule has 0 aliphatic rings. The standard InChI is InChI=1S/C11H20N2O2S2/c1-4-5-6-12-7-10-9(2)13-11(16-10)8-17(3,14)15/h12H,4-8H2,1-3H3. The van der Waals surface area contributed by atoms with Crippen molar-refractivity contribution in [2.75, 3.05) is 12.8 Å². The van der Waals surface area contributed by atoms with Gasteiger partial charge >= 0.3 is 0 Å².